The van der Waals surface area contributed by atoms with E-state index in [-0.39, 0.29) is 0 Å². The molecule has 0 amide bonds. The van der Waals surface area contributed by atoms with Gasteiger partial charge in [-0.15, -0.1) is 0 Å². The second-order valence-electron chi connectivity index (χ2n) is 6.30. The zero-order chi connectivity index (χ0) is 18.6. The second-order valence-corrected chi connectivity index (χ2v) is 6.30. The third kappa shape index (κ3) is 3.84. The van der Waals surface area contributed by atoms with Crippen molar-refractivity contribution in [1.29, 1.82) is 0 Å². The summed E-state index contributed by atoms with van der Waals surface area (Å²) in [7, 11) is 1.66. The topological polar surface area (TPSA) is 63.4 Å². The van der Waals surface area contributed by atoms with E-state index >= 15 is 0 Å². The third-order valence-electron chi connectivity index (χ3n) is 4.27. The zero-order valence-electron chi connectivity index (χ0n) is 15.2. The van der Waals surface area contributed by atoms with Gasteiger partial charge in [0, 0.05) is 11.8 Å². The summed E-state index contributed by atoms with van der Waals surface area (Å²) in [5.41, 5.74) is 7.34. The van der Waals surface area contributed by atoms with Crippen molar-refractivity contribution >= 4 is 5.70 Å². The van der Waals surface area contributed by atoms with Crippen LogP contribution in [0.3, 0.4) is 0 Å². The Labute approximate surface area is 157 Å². The summed E-state index contributed by atoms with van der Waals surface area (Å²) in [5.74, 6) is 1.87. The summed E-state index contributed by atoms with van der Waals surface area (Å²) in [5, 5.41) is 6.06. The van der Waals surface area contributed by atoms with Gasteiger partial charge in [-0.2, -0.15) is 4.98 Å². The Balaban J connectivity index is 1.46. The fourth-order valence-corrected chi connectivity index (χ4v) is 2.76. The van der Waals surface area contributed by atoms with Crippen LogP contribution in [-0.2, 0) is 6.54 Å². The fraction of sp³-hybridized carbons (Fsp3) is 0.143. The lowest BCUT2D eigenvalue weighted by Gasteiger charge is -2.25. The van der Waals surface area contributed by atoms with Crippen molar-refractivity contribution < 1.29 is 9.26 Å². The van der Waals surface area contributed by atoms with E-state index in [4.69, 9.17) is 9.26 Å². The summed E-state index contributed by atoms with van der Waals surface area (Å²) in [6.45, 7) is 2.74. The molecule has 1 aromatic heterocycles. The van der Waals surface area contributed by atoms with E-state index in [9.17, 15) is 0 Å². The van der Waals surface area contributed by atoms with Crippen molar-refractivity contribution in [3.8, 4) is 17.1 Å². The van der Waals surface area contributed by atoms with E-state index in [1.807, 2.05) is 78.8 Å². The minimum absolute atomic E-state index is 0.453. The van der Waals surface area contributed by atoms with Crippen molar-refractivity contribution in [2.75, 3.05) is 7.11 Å². The molecule has 0 atom stereocenters. The lowest BCUT2D eigenvalue weighted by molar-refractivity contribution is 0.304. The SMILES string of the molecule is COc1ccc(CN2C=CC=C(c3nc(-c4ccc(C)cc4)no3)N2)cc1. The molecule has 0 saturated carbocycles. The number of aryl methyl sites for hydroxylation is 1. The number of hydrazine groups is 1. The highest BCUT2D eigenvalue weighted by molar-refractivity contribution is 5.62. The molecule has 1 N–H and O–H groups in total. The smallest absolute Gasteiger partial charge is 0.276 e. The van der Waals surface area contributed by atoms with E-state index < -0.39 is 0 Å². The Hall–Kier alpha value is -3.54. The van der Waals surface area contributed by atoms with Gasteiger partial charge in [0.2, 0.25) is 5.82 Å². The molecule has 0 unspecified atom stereocenters. The van der Waals surface area contributed by atoms with Gasteiger partial charge in [0.1, 0.15) is 11.4 Å². The molecule has 0 aliphatic carbocycles. The highest BCUT2D eigenvalue weighted by Gasteiger charge is 2.16. The molecule has 0 bridgehead atoms. The average Bonchev–Trinajstić information content (AvgIpc) is 3.20. The molecule has 6 heteroatoms. The summed E-state index contributed by atoms with van der Waals surface area (Å²) >= 11 is 0. The Kier molecular flexibility index (Phi) is 4.61. The Morgan fingerprint density at radius 2 is 1.85 bits per heavy atom. The summed E-state index contributed by atoms with van der Waals surface area (Å²) in [6.07, 6.45) is 5.83. The fourth-order valence-electron chi connectivity index (χ4n) is 2.76. The monoisotopic (exact) mass is 360 g/mol. The van der Waals surface area contributed by atoms with Gasteiger partial charge in [0.05, 0.1) is 13.7 Å². The number of allylic oxidation sites excluding steroid dienone is 2. The van der Waals surface area contributed by atoms with Crippen LogP contribution in [0.1, 0.15) is 17.0 Å². The first-order valence-corrected chi connectivity index (χ1v) is 8.67. The molecule has 2 heterocycles. The molecule has 2 aromatic carbocycles. The molecule has 1 aliphatic rings. The quantitative estimate of drug-likeness (QED) is 0.744. The van der Waals surface area contributed by atoms with Gasteiger partial charge in [-0.3, -0.25) is 10.4 Å². The average molecular weight is 360 g/mol. The van der Waals surface area contributed by atoms with Gasteiger partial charge < -0.3 is 9.26 Å². The highest BCUT2D eigenvalue weighted by Crippen LogP contribution is 2.21. The van der Waals surface area contributed by atoms with Crippen LogP contribution in [0.15, 0.2) is 71.4 Å². The van der Waals surface area contributed by atoms with Crippen LogP contribution in [0.25, 0.3) is 17.1 Å². The van der Waals surface area contributed by atoms with E-state index in [0.717, 1.165) is 22.6 Å². The number of methoxy groups -OCH3 is 1. The Bertz CT molecular complexity index is 972. The molecule has 6 nitrogen and oxygen atoms in total. The van der Waals surface area contributed by atoms with Crippen LogP contribution in [0.4, 0.5) is 0 Å². The third-order valence-corrected chi connectivity index (χ3v) is 4.27. The minimum Gasteiger partial charge on any atom is -0.497 e. The first-order valence-electron chi connectivity index (χ1n) is 8.67. The number of aromatic nitrogens is 2. The zero-order valence-corrected chi connectivity index (χ0v) is 15.2. The van der Waals surface area contributed by atoms with Crippen LogP contribution in [0.5, 0.6) is 5.75 Å². The van der Waals surface area contributed by atoms with Crippen molar-refractivity contribution in [1.82, 2.24) is 20.6 Å². The van der Waals surface area contributed by atoms with E-state index in [0.29, 0.717) is 18.3 Å². The first-order chi connectivity index (χ1) is 13.2. The molecule has 27 heavy (non-hydrogen) atoms. The first kappa shape index (κ1) is 16.9. The second kappa shape index (κ2) is 7.37. The molecular formula is C21H20N4O2. The predicted molar refractivity (Wildman–Crippen MR) is 103 cm³/mol. The lowest BCUT2D eigenvalue weighted by Crippen LogP contribution is -2.33. The van der Waals surface area contributed by atoms with Crippen molar-refractivity contribution in [2.45, 2.75) is 13.5 Å². The van der Waals surface area contributed by atoms with Crippen LogP contribution >= 0.6 is 0 Å². The molecule has 0 radical (unpaired) electrons. The number of ether oxygens (including phenoxy) is 1. The molecule has 1 aliphatic heterocycles. The normalized spacial score (nSPS) is 13.3. The minimum atomic E-state index is 0.453. The predicted octanol–water partition coefficient (Wildman–Crippen LogP) is 3.93. The number of hydrogen-bond donors (Lipinski definition) is 1. The van der Waals surface area contributed by atoms with Gasteiger partial charge >= 0.3 is 0 Å². The molecular weight excluding hydrogens is 340 g/mol. The van der Waals surface area contributed by atoms with E-state index in [1.165, 1.54) is 5.56 Å². The molecule has 4 rings (SSSR count). The molecule has 0 fully saturated rings. The van der Waals surface area contributed by atoms with Crippen LogP contribution < -0.4 is 10.2 Å². The maximum absolute atomic E-state index is 5.45. The lowest BCUT2D eigenvalue weighted by atomic mass is 10.1. The molecule has 0 spiro atoms. The highest BCUT2D eigenvalue weighted by atomic mass is 16.5. The van der Waals surface area contributed by atoms with Gasteiger partial charge in [-0.25, -0.2) is 0 Å². The number of nitrogens with one attached hydrogen (secondary N) is 1. The molecule has 136 valence electrons. The van der Waals surface area contributed by atoms with Gasteiger partial charge in [0.25, 0.3) is 5.89 Å². The van der Waals surface area contributed by atoms with Crippen molar-refractivity contribution in [3.05, 3.63) is 83.9 Å². The van der Waals surface area contributed by atoms with Crippen LogP contribution in [0.2, 0.25) is 0 Å². The van der Waals surface area contributed by atoms with Gasteiger partial charge in [-0.1, -0.05) is 47.1 Å². The number of benzene rings is 2. The molecule has 3 aromatic rings. The van der Waals surface area contributed by atoms with Crippen molar-refractivity contribution in [2.24, 2.45) is 0 Å². The Morgan fingerprint density at radius 3 is 2.59 bits per heavy atom. The standard InChI is InChI=1S/C21H20N4O2/c1-15-5-9-17(10-6-15)20-22-21(27-24-20)19-4-3-13-25(23-19)14-16-7-11-18(26-2)12-8-16/h3-13,23H,14H2,1-2H3. The Morgan fingerprint density at radius 1 is 1.07 bits per heavy atom. The number of rotatable bonds is 5. The summed E-state index contributed by atoms with van der Waals surface area (Å²) < 4.78 is 10.6. The van der Waals surface area contributed by atoms with E-state index in [1.54, 1.807) is 7.11 Å². The maximum atomic E-state index is 5.45. The summed E-state index contributed by atoms with van der Waals surface area (Å²) in [4.78, 5) is 4.51. The number of nitrogens with zero attached hydrogens (tertiary/aromatic N) is 3. The largest absolute Gasteiger partial charge is 0.497 e. The number of hydrogen-bond acceptors (Lipinski definition) is 6. The molecule has 0 saturated heterocycles. The summed E-state index contributed by atoms with van der Waals surface area (Å²) in [6, 6.07) is 16.0. The van der Waals surface area contributed by atoms with Crippen molar-refractivity contribution in [3.63, 3.8) is 0 Å². The van der Waals surface area contributed by atoms with Gasteiger partial charge in [0.15, 0.2) is 0 Å². The van der Waals surface area contributed by atoms with Crippen LogP contribution in [0, 0.1) is 6.92 Å². The van der Waals surface area contributed by atoms with Gasteiger partial charge in [-0.05, 0) is 36.8 Å². The van der Waals surface area contributed by atoms with E-state index in [2.05, 4.69) is 15.6 Å². The van der Waals surface area contributed by atoms with Crippen LogP contribution in [-0.4, -0.2) is 22.3 Å². The maximum Gasteiger partial charge on any atom is 0.276 e.